The summed E-state index contributed by atoms with van der Waals surface area (Å²) in [6, 6.07) is 8.28. The molecule has 2 rings (SSSR count). The van der Waals surface area contributed by atoms with Gasteiger partial charge in [0, 0.05) is 19.7 Å². The first-order valence-electron chi connectivity index (χ1n) is 6.82. The van der Waals surface area contributed by atoms with E-state index in [-0.39, 0.29) is 6.10 Å². The summed E-state index contributed by atoms with van der Waals surface area (Å²) in [5.74, 6) is 0.938. The zero-order valence-electron chi connectivity index (χ0n) is 11.3. The van der Waals surface area contributed by atoms with Crippen molar-refractivity contribution in [1.29, 1.82) is 0 Å². The molecule has 0 bridgehead atoms. The maximum absolute atomic E-state index is 5.61. The van der Waals surface area contributed by atoms with Crippen LogP contribution in [-0.4, -0.2) is 25.4 Å². The van der Waals surface area contributed by atoms with E-state index in [0.717, 1.165) is 25.4 Å². The second kappa shape index (κ2) is 6.76. The third kappa shape index (κ3) is 4.31. The average molecular weight is 249 g/mol. The van der Waals surface area contributed by atoms with E-state index in [1.807, 2.05) is 26.0 Å². The van der Waals surface area contributed by atoms with Gasteiger partial charge in [-0.1, -0.05) is 12.1 Å². The lowest BCUT2D eigenvalue weighted by atomic mass is 10.2. The third-order valence-corrected chi connectivity index (χ3v) is 3.02. The fraction of sp³-hybridized carbons (Fsp3) is 0.600. The Balaban J connectivity index is 1.72. The number of benzene rings is 1. The molecule has 1 aliphatic rings. The molecule has 1 fully saturated rings. The van der Waals surface area contributed by atoms with Gasteiger partial charge in [-0.2, -0.15) is 0 Å². The van der Waals surface area contributed by atoms with Gasteiger partial charge in [-0.15, -0.1) is 0 Å². The Morgan fingerprint density at radius 2 is 2.11 bits per heavy atom. The molecule has 100 valence electrons. The highest BCUT2D eigenvalue weighted by Gasteiger charge is 2.14. The molecule has 0 saturated carbocycles. The summed E-state index contributed by atoms with van der Waals surface area (Å²) >= 11 is 0. The van der Waals surface area contributed by atoms with Gasteiger partial charge in [0.15, 0.2) is 0 Å². The lowest BCUT2D eigenvalue weighted by Crippen LogP contribution is -2.25. The molecule has 0 spiro atoms. The van der Waals surface area contributed by atoms with E-state index in [1.54, 1.807) is 0 Å². The van der Waals surface area contributed by atoms with Gasteiger partial charge < -0.3 is 14.8 Å². The van der Waals surface area contributed by atoms with Crippen molar-refractivity contribution in [2.75, 3.05) is 13.2 Å². The maximum atomic E-state index is 5.61. The summed E-state index contributed by atoms with van der Waals surface area (Å²) in [6.07, 6.45) is 3.03. The van der Waals surface area contributed by atoms with Crippen molar-refractivity contribution in [1.82, 2.24) is 5.32 Å². The first-order valence-corrected chi connectivity index (χ1v) is 6.82. The molecule has 0 amide bonds. The Kier molecular flexibility index (Phi) is 5.02. The van der Waals surface area contributed by atoms with Gasteiger partial charge in [0.2, 0.25) is 0 Å². The lowest BCUT2D eigenvalue weighted by Gasteiger charge is -2.12. The van der Waals surface area contributed by atoms with Gasteiger partial charge in [0.05, 0.1) is 12.2 Å². The van der Waals surface area contributed by atoms with Crippen LogP contribution in [0.3, 0.4) is 0 Å². The van der Waals surface area contributed by atoms with Crippen LogP contribution in [0, 0.1) is 0 Å². The summed E-state index contributed by atoms with van der Waals surface area (Å²) in [7, 11) is 0. The Morgan fingerprint density at radius 3 is 2.72 bits per heavy atom. The molecular weight excluding hydrogens is 226 g/mol. The van der Waals surface area contributed by atoms with Crippen LogP contribution in [0.1, 0.15) is 32.3 Å². The molecule has 0 aliphatic carbocycles. The highest BCUT2D eigenvalue weighted by molar-refractivity contribution is 5.27. The molecule has 3 heteroatoms. The van der Waals surface area contributed by atoms with Crippen molar-refractivity contribution in [2.45, 2.75) is 45.4 Å². The van der Waals surface area contributed by atoms with Crippen molar-refractivity contribution in [2.24, 2.45) is 0 Å². The molecule has 3 nitrogen and oxygen atoms in total. The Bertz CT molecular complexity index is 342. The fourth-order valence-corrected chi connectivity index (χ4v) is 2.14. The maximum Gasteiger partial charge on any atom is 0.119 e. The van der Waals surface area contributed by atoms with E-state index in [9.17, 15) is 0 Å². The minimum absolute atomic E-state index is 0.230. The lowest BCUT2D eigenvalue weighted by molar-refractivity contribution is 0.110. The summed E-state index contributed by atoms with van der Waals surface area (Å²) in [5, 5.41) is 3.44. The topological polar surface area (TPSA) is 30.5 Å². The number of nitrogens with one attached hydrogen (secondary N) is 1. The SMILES string of the molecule is CC(C)Oc1ccc(CNCC2CCCO2)cc1. The molecule has 1 heterocycles. The molecule has 1 aliphatic heterocycles. The zero-order valence-corrected chi connectivity index (χ0v) is 11.3. The van der Waals surface area contributed by atoms with Crippen molar-refractivity contribution in [3.63, 3.8) is 0 Å². The predicted octanol–water partition coefficient (Wildman–Crippen LogP) is 2.74. The number of ether oxygens (including phenoxy) is 2. The Morgan fingerprint density at radius 1 is 1.33 bits per heavy atom. The van der Waals surface area contributed by atoms with Gasteiger partial charge in [0.25, 0.3) is 0 Å². The molecule has 0 radical (unpaired) electrons. The van der Waals surface area contributed by atoms with E-state index >= 15 is 0 Å². The summed E-state index contributed by atoms with van der Waals surface area (Å²) < 4.78 is 11.2. The number of rotatable bonds is 6. The first-order chi connectivity index (χ1) is 8.74. The molecule has 1 atom stereocenters. The van der Waals surface area contributed by atoms with Gasteiger partial charge >= 0.3 is 0 Å². The summed E-state index contributed by atoms with van der Waals surface area (Å²) in [6.45, 7) is 6.84. The van der Waals surface area contributed by atoms with E-state index < -0.39 is 0 Å². The first kappa shape index (κ1) is 13.4. The second-order valence-electron chi connectivity index (χ2n) is 5.08. The highest BCUT2D eigenvalue weighted by atomic mass is 16.5. The van der Waals surface area contributed by atoms with E-state index in [4.69, 9.17) is 9.47 Å². The van der Waals surface area contributed by atoms with Gasteiger partial charge in [0.1, 0.15) is 5.75 Å². The average Bonchev–Trinajstić information content (AvgIpc) is 2.84. The molecule has 1 aromatic rings. The van der Waals surface area contributed by atoms with Gasteiger partial charge in [-0.3, -0.25) is 0 Å². The van der Waals surface area contributed by atoms with Crippen molar-refractivity contribution >= 4 is 0 Å². The fourth-order valence-electron chi connectivity index (χ4n) is 2.14. The highest BCUT2D eigenvalue weighted by Crippen LogP contribution is 2.14. The van der Waals surface area contributed by atoms with Crippen LogP contribution in [0.15, 0.2) is 24.3 Å². The summed E-state index contributed by atoms with van der Waals surface area (Å²) in [5.41, 5.74) is 1.28. The predicted molar refractivity (Wildman–Crippen MR) is 72.9 cm³/mol. The van der Waals surface area contributed by atoms with Crippen LogP contribution >= 0.6 is 0 Å². The second-order valence-corrected chi connectivity index (χ2v) is 5.08. The Hall–Kier alpha value is -1.06. The van der Waals surface area contributed by atoms with Crippen molar-refractivity contribution < 1.29 is 9.47 Å². The van der Waals surface area contributed by atoms with Crippen LogP contribution < -0.4 is 10.1 Å². The standard InChI is InChI=1S/C15H23NO2/c1-12(2)18-14-7-5-13(6-8-14)10-16-11-15-4-3-9-17-15/h5-8,12,15-16H,3-4,9-11H2,1-2H3. The van der Waals surface area contributed by atoms with Crippen molar-refractivity contribution in [3.05, 3.63) is 29.8 Å². The quantitative estimate of drug-likeness (QED) is 0.841. The van der Waals surface area contributed by atoms with Crippen LogP contribution in [0.25, 0.3) is 0 Å². The molecule has 1 aromatic carbocycles. The van der Waals surface area contributed by atoms with Gasteiger partial charge in [-0.05, 0) is 44.4 Å². The van der Waals surface area contributed by atoms with Crippen LogP contribution in [0.4, 0.5) is 0 Å². The minimum Gasteiger partial charge on any atom is -0.491 e. The van der Waals surface area contributed by atoms with E-state index in [1.165, 1.54) is 18.4 Å². The summed E-state index contributed by atoms with van der Waals surface area (Å²) in [4.78, 5) is 0. The smallest absolute Gasteiger partial charge is 0.119 e. The Labute approximate surface area is 109 Å². The molecule has 1 N–H and O–H groups in total. The van der Waals surface area contributed by atoms with Crippen LogP contribution in [0.2, 0.25) is 0 Å². The van der Waals surface area contributed by atoms with E-state index in [2.05, 4.69) is 17.4 Å². The molecule has 0 aromatic heterocycles. The van der Waals surface area contributed by atoms with Crippen molar-refractivity contribution in [3.8, 4) is 5.75 Å². The third-order valence-electron chi connectivity index (χ3n) is 3.02. The minimum atomic E-state index is 0.230. The molecule has 1 unspecified atom stereocenters. The molecule has 18 heavy (non-hydrogen) atoms. The van der Waals surface area contributed by atoms with Gasteiger partial charge in [-0.25, -0.2) is 0 Å². The monoisotopic (exact) mass is 249 g/mol. The van der Waals surface area contributed by atoms with Crippen LogP contribution in [0.5, 0.6) is 5.75 Å². The number of hydrogen-bond donors (Lipinski definition) is 1. The number of hydrogen-bond acceptors (Lipinski definition) is 3. The molecule has 1 saturated heterocycles. The largest absolute Gasteiger partial charge is 0.491 e. The van der Waals surface area contributed by atoms with E-state index in [0.29, 0.717) is 6.10 Å². The van der Waals surface area contributed by atoms with Crippen LogP contribution in [-0.2, 0) is 11.3 Å². The molecular formula is C15H23NO2. The zero-order chi connectivity index (χ0) is 12.8. The normalized spacial score (nSPS) is 19.4.